The van der Waals surface area contributed by atoms with Crippen LogP contribution < -0.4 is 5.32 Å². The van der Waals surface area contributed by atoms with Crippen molar-refractivity contribution in [2.45, 2.75) is 19.1 Å². The molecule has 1 rings (SSSR count). The maximum Gasteiger partial charge on any atom is 0.127 e. The van der Waals surface area contributed by atoms with E-state index in [0.29, 0.717) is 6.54 Å². The first-order valence-corrected chi connectivity index (χ1v) is 2.18. The molecule has 0 aromatic heterocycles. The molecule has 1 N–H and O–H groups in total. The molecule has 1 nitrogen and oxygen atoms in total. The maximum absolute atomic E-state index is 11.8. The first-order chi connectivity index (χ1) is 2.80. The van der Waals surface area contributed by atoms with Crippen molar-refractivity contribution in [3.8, 4) is 0 Å². The van der Waals surface area contributed by atoms with E-state index in [2.05, 4.69) is 5.32 Å². The standard InChI is InChI=1S/C4H8FN/c1-3-4(5)2-6-3/h3-4,6H,2H2,1H3. The summed E-state index contributed by atoms with van der Waals surface area (Å²) >= 11 is 0. The number of alkyl halides is 1. The summed E-state index contributed by atoms with van der Waals surface area (Å²) in [7, 11) is 0. The van der Waals surface area contributed by atoms with Crippen LogP contribution in [0, 0.1) is 0 Å². The van der Waals surface area contributed by atoms with Crippen LogP contribution in [0.2, 0.25) is 0 Å². The van der Waals surface area contributed by atoms with Gasteiger partial charge in [0.05, 0.1) is 0 Å². The zero-order chi connectivity index (χ0) is 4.57. The second-order valence-corrected chi connectivity index (χ2v) is 1.71. The summed E-state index contributed by atoms with van der Waals surface area (Å²) in [5.74, 6) is 0. The highest BCUT2D eigenvalue weighted by atomic mass is 19.1. The Bertz CT molecular complexity index is 47.5. The summed E-state index contributed by atoms with van der Waals surface area (Å²) in [6, 6.07) is 0.116. The Morgan fingerprint density at radius 3 is 2.33 bits per heavy atom. The summed E-state index contributed by atoms with van der Waals surface area (Å²) in [6.07, 6.45) is -0.579. The third kappa shape index (κ3) is 0.411. The fraction of sp³-hybridized carbons (Fsp3) is 1.00. The molecular formula is C4H8FN. The Morgan fingerprint density at radius 2 is 2.33 bits per heavy atom. The highest BCUT2D eigenvalue weighted by molar-refractivity contribution is 4.83. The van der Waals surface area contributed by atoms with Crippen LogP contribution in [0.3, 0.4) is 0 Å². The van der Waals surface area contributed by atoms with Gasteiger partial charge in [-0.15, -0.1) is 0 Å². The van der Waals surface area contributed by atoms with Gasteiger partial charge in [-0.1, -0.05) is 0 Å². The molecule has 6 heavy (non-hydrogen) atoms. The van der Waals surface area contributed by atoms with Crippen LogP contribution in [0.15, 0.2) is 0 Å². The number of hydrogen-bond donors (Lipinski definition) is 1. The van der Waals surface area contributed by atoms with Gasteiger partial charge in [-0.3, -0.25) is 0 Å². The molecule has 0 aliphatic carbocycles. The van der Waals surface area contributed by atoms with Gasteiger partial charge in [-0.05, 0) is 6.92 Å². The fourth-order valence-corrected chi connectivity index (χ4v) is 0.443. The molecule has 1 fully saturated rings. The molecule has 1 heterocycles. The third-order valence-corrected chi connectivity index (χ3v) is 1.18. The molecule has 0 amide bonds. The summed E-state index contributed by atoms with van der Waals surface area (Å²) in [6.45, 7) is 2.40. The smallest absolute Gasteiger partial charge is 0.127 e. The van der Waals surface area contributed by atoms with Crippen molar-refractivity contribution in [2.24, 2.45) is 0 Å². The molecular weight excluding hydrogens is 81.0 g/mol. The molecule has 2 heteroatoms. The topological polar surface area (TPSA) is 12.0 Å². The van der Waals surface area contributed by atoms with Crippen LogP contribution in [-0.2, 0) is 0 Å². The number of halogens is 1. The average Bonchev–Trinajstić information content (AvgIpc) is 1.61. The number of hydrogen-bond acceptors (Lipinski definition) is 1. The summed E-state index contributed by atoms with van der Waals surface area (Å²) in [5, 5.41) is 2.88. The van der Waals surface area contributed by atoms with Crippen molar-refractivity contribution >= 4 is 0 Å². The lowest BCUT2D eigenvalue weighted by atomic mass is 10.1. The zero-order valence-electron chi connectivity index (χ0n) is 3.74. The van der Waals surface area contributed by atoms with Gasteiger partial charge in [0.2, 0.25) is 0 Å². The van der Waals surface area contributed by atoms with E-state index in [1.807, 2.05) is 6.92 Å². The highest BCUT2D eigenvalue weighted by Gasteiger charge is 2.24. The van der Waals surface area contributed by atoms with Gasteiger partial charge in [-0.25, -0.2) is 4.39 Å². The summed E-state index contributed by atoms with van der Waals surface area (Å²) in [4.78, 5) is 0. The Hall–Kier alpha value is -0.110. The minimum absolute atomic E-state index is 0.116. The predicted molar refractivity (Wildman–Crippen MR) is 22.4 cm³/mol. The third-order valence-electron chi connectivity index (χ3n) is 1.18. The monoisotopic (exact) mass is 89.1 g/mol. The molecule has 1 saturated heterocycles. The van der Waals surface area contributed by atoms with Gasteiger partial charge in [0.15, 0.2) is 0 Å². The van der Waals surface area contributed by atoms with Gasteiger partial charge >= 0.3 is 0 Å². The van der Waals surface area contributed by atoms with Gasteiger partial charge < -0.3 is 5.32 Å². The molecule has 0 aromatic rings. The van der Waals surface area contributed by atoms with Crippen LogP contribution in [0.5, 0.6) is 0 Å². The van der Waals surface area contributed by atoms with Gasteiger partial charge in [0.1, 0.15) is 6.17 Å². The van der Waals surface area contributed by atoms with E-state index in [4.69, 9.17) is 0 Å². The van der Waals surface area contributed by atoms with Crippen LogP contribution in [-0.4, -0.2) is 18.8 Å². The summed E-state index contributed by atoms with van der Waals surface area (Å²) in [5.41, 5.74) is 0. The second kappa shape index (κ2) is 1.19. The Kier molecular flexibility index (Phi) is 0.804. The molecule has 0 saturated carbocycles. The molecule has 0 spiro atoms. The van der Waals surface area contributed by atoms with Gasteiger partial charge in [-0.2, -0.15) is 0 Å². The van der Waals surface area contributed by atoms with Crippen molar-refractivity contribution in [1.82, 2.24) is 5.32 Å². The minimum atomic E-state index is -0.579. The largest absolute Gasteiger partial charge is 0.308 e. The molecule has 36 valence electrons. The van der Waals surface area contributed by atoms with Crippen molar-refractivity contribution in [3.05, 3.63) is 0 Å². The van der Waals surface area contributed by atoms with Crippen LogP contribution in [0.1, 0.15) is 6.92 Å². The second-order valence-electron chi connectivity index (χ2n) is 1.71. The Morgan fingerprint density at radius 1 is 1.83 bits per heavy atom. The van der Waals surface area contributed by atoms with E-state index in [1.165, 1.54) is 0 Å². The molecule has 0 bridgehead atoms. The van der Waals surface area contributed by atoms with E-state index >= 15 is 0 Å². The zero-order valence-corrected chi connectivity index (χ0v) is 3.74. The lowest BCUT2D eigenvalue weighted by molar-refractivity contribution is 0.171. The first kappa shape index (κ1) is 4.06. The molecule has 0 aromatic carbocycles. The van der Waals surface area contributed by atoms with Gasteiger partial charge in [0.25, 0.3) is 0 Å². The van der Waals surface area contributed by atoms with E-state index in [-0.39, 0.29) is 6.04 Å². The molecule has 0 radical (unpaired) electrons. The lowest BCUT2D eigenvalue weighted by Crippen LogP contribution is -2.52. The van der Waals surface area contributed by atoms with Crippen molar-refractivity contribution in [3.63, 3.8) is 0 Å². The van der Waals surface area contributed by atoms with Crippen molar-refractivity contribution in [2.75, 3.05) is 6.54 Å². The normalized spacial score (nSPS) is 45.0. The average molecular weight is 89.1 g/mol. The molecule has 2 unspecified atom stereocenters. The van der Waals surface area contributed by atoms with Crippen LogP contribution in [0.25, 0.3) is 0 Å². The Balaban J connectivity index is 2.20. The first-order valence-electron chi connectivity index (χ1n) is 2.18. The van der Waals surface area contributed by atoms with E-state index in [9.17, 15) is 4.39 Å². The lowest BCUT2D eigenvalue weighted by Gasteiger charge is -2.28. The minimum Gasteiger partial charge on any atom is -0.308 e. The number of nitrogens with one attached hydrogen (secondary N) is 1. The van der Waals surface area contributed by atoms with Crippen molar-refractivity contribution in [1.29, 1.82) is 0 Å². The highest BCUT2D eigenvalue weighted by Crippen LogP contribution is 2.05. The predicted octanol–water partition coefficient (Wildman–Crippen LogP) is 0.316. The van der Waals surface area contributed by atoms with E-state index in [1.54, 1.807) is 0 Å². The SMILES string of the molecule is CC1NCC1F. The van der Waals surface area contributed by atoms with Crippen LogP contribution in [0.4, 0.5) is 4.39 Å². The summed E-state index contributed by atoms with van der Waals surface area (Å²) < 4.78 is 11.8. The molecule has 1 aliphatic heterocycles. The fourth-order valence-electron chi connectivity index (χ4n) is 0.443. The molecule has 1 aliphatic rings. The Labute approximate surface area is 36.5 Å². The van der Waals surface area contributed by atoms with E-state index < -0.39 is 6.17 Å². The quantitative estimate of drug-likeness (QED) is 0.450. The maximum atomic E-state index is 11.8. The van der Waals surface area contributed by atoms with Crippen molar-refractivity contribution < 1.29 is 4.39 Å². The van der Waals surface area contributed by atoms with Crippen LogP contribution >= 0.6 is 0 Å². The van der Waals surface area contributed by atoms with E-state index in [0.717, 1.165) is 0 Å². The number of rotatable bonds is 0. The molecule has 2 atom stereocenters. The van der Waals surface area contributed by atoms with Gasteiger partial charge in [0, 0.05) is 12.6 Å².